The molecule has 2 fully saturated rings. The highest BCUT2D eigenvalue weighted by atomic mass is 32.1. The molecule has 2 aliphatic heterocycles. The van der Waals surface area contributed by atoms with Gasteiger partial charge in [-0.2, -0.15) is 0 Å². The van der Waals surface area contributed by atoms with E-state index >= 15 is 0 Å². The first-order valence-electron chi connectivity index (χ1n) is 29.2. The number of hydrogen-bond donors (Lipinski definition) is 2. The van der Waals surface area contributed by atoms with E-state index in [1.54, 1.807) is 29.9 Å². The molecule has 81 heavy (non-hydrogen) atoms. The molecule has 6 aromatic rings. The molecule has 0 radical (unpaired) electrons. The Labute approximate surface area is 484 Å². The fourth-order valence-corrected chi connectivity index (χ4v) is 11.3. The van der Waals surface area contributed by atoms with Crippen LogP contribution < -0.4 is 5.32 Å². The fraction of sp³-hybridized carbons (Fsp3) is 0.470. The van der Waals surface area contributed by atoms with Crippen molar-refractivity contribution < 1.29 is 29.1 Å². The second-order valence-electron chi connectivity index (χ2n) is 23.0. The van der Waals surface area contributed by atoms with Crippen LogP contribution in [0.3, 0.4) is 0 Å². The number of aryl methyl sites for hydroxylation is 2. The molecule has 15 heteroatoms. The topological polar surface area (TPSA) is 179 Å². The molecule has 3 amide bonds. The van der Waals surface area contributed by atoms with Crippen molar-refractivity contribution in [1.82, 2.24) is 40.0 Å². The maximum absolute atomic E-state index is 13.7. The molecule has 0 saturated carbocycles. The van der Waals surface area contributed by atoms with Crippen LogP contribution in [0.25, 0.3) is 21.7 Å². The van der Waals surface area contributed by atoms with Crippen molar-refractivity contribution >= 4 is 40.6 Å². The van der Waals surface area contributed by atoms with Gasteiger partial charge in [-0.15, -0.1) is 11.3 Å². The number of Topliss-reactive ketones (excluding diaryl/α,β-unsaturated/α-hetero) is 2. The molecule has 3 aromatic heterocycles. The number of nitrogens with zero attached hydrogens (tertiary/aromatic N) is 7. The van der Waals surface area contributed by atoms with E-state index in [9.17, 15) is 29.1 Å². The predicted octanol–water partition coefficient (Wildman–Crippen LogP) is 11.4. The molecule has 0 spiro atoms. The van der Waals surface area contributed by atoms with E-state index in [2.05, 4.69) is 70.2 Å². The SMILES string of the molecule is CCCCC(=O)N1CCN(Cc2ccc(C(=O)Cc3ccc(C)c(Cc4nccc(-c5cccnc5)n4)c3)cc2)CC1.CCCCCCCC(=O)C[C@H](C(=O)N1C[C@H](O)C[C@H]1C(=O)NCc1ccc(-c2scnc2C)cc1)C(C)(C)C. The minimum absolute atomic E-state index is 0.0949. The van der Waals surface area contributed by atoms with E-state index in [4.69, 9.17) is 4.98 Å². The number of aromatic nitrogens is 4. The number of pyridine rings is 1. The number of ketones is 2. The minimum Gasteiger partial charge on any atom is -0.391 e. The maximum atomic E-state index is 13.7. The largest absolute Gasteiger partial charge is 0.391 e. The smallest absolute Gasteiger partial charge is 0.243 e. The Balaban J connectivity index is 0.000000234. The van der Waals surface area contributed by atoms with E-state index < -0.39 is 23.5 Å². The summed E-state index contributed by atoms with van der Waals surface area (Å²) in [6, 6.07) is 27.2. The van der Waals surface area contributed by atoms with Crippen LogP contribution in [0.1, 0.15) is 155 Å². The quantitative estimate of drug-likeness (QED) is 0.0435. The van der Waals surface area contributed by atoms with Gasteiger partial charge in [-0.1, -0.05) is 133 Å². The number of aliphatic hydroxyl groups excluding tert-OH is 1. The van der Waals surface area contributed by atoms with Gasteiger partial charge in [0, 0.05) is 120 Å². The Hall–Kier alpha value is -6.81. The van der Waals surface area contributed by atoms with Crippen LogP contribution in [0.4, 0.5) is 0 Å². The Morgan fingerprint density at radius 3 is 2.17 bits per heavy atom. The molecule has 2 N–H and O–H groups in total. The van der Waals surface area contributed by atoms with E-state index in [-0.39, 0.29) is 48.7 Å². The van der Waals surface area contributed by atoms with Gasteiger partial charge in [-0.3, -0.25) is 33.9 Å². The van der Waals surface area contributed by atoms with Crippen LogP contribution in [0.15, 0.2) is 109 Å². The molecule has 2 saturated heterocycles. The second-order valence-corrected chi connectivity index (χ2v) is 23.9. The lowest BCUT2D eigenvalue weighted by Gasteiger charge is -2.34. The van der Waals surface area contributed by atoms with Gasteiger partial charge in [0.1, 0.15) is 17.6 Å². The number of likely N-dealkylation sites (tertiary alicyclic amines) is 1. The van der Waals surface area contributed by atoms with E-state index in [1.807, 2.05) is 98.8 Å². The number of benzene rings is 3. The van der Waals surface area contributed by atoms with E-state index in [1.165, 1.54) is 16.9 Å². The van der Waals surface area contributed by atoms with E-state index in [0.717, 1.165) is 132 Å². The number of thiazole rings is 1. The number of β-amino-alcohol motifs (C(OH)–C–C–N with tert-alkyl or cyclic N) is 1. The van der Waals surface area contributed by atoms with Crippen LogP contribution in [0.5, 0.6) is 0 Å². The normalized spacial score (nSPS) is 15.9. The van der Waals surface area contributed by atoms with Gasteiger partial charge < -0.3 is 20.2 Å². The summed E-state index contributed by atoms with van der Waals surface area (Å²) in [6.45, 7) is 18.8. The Morgan fingerprint density at radius 1 is 0.778 bits per heavy atom. The van der Waals surface area contributed by atoms with Crippen LogP contribution in [0, 0.1) is 25.2 Å². The number of hydrogen-bond acceptors (Lipinski definition) is 12. The minimum atomic E-state index is -0.762. The zero-order chi connectivity index (χ0) is 57.9. The van der Waals surface area contributed by atoms with Crippen molar-refractivity contribution in [3.05, 3.63) is 154 Å². The van der Waals surface area contributed by atoms with Crippen molar-refractivity contribution in [1.29, 1.82) is 0 Å². The van der Waals surface area contributed by atoms with Gasteiger partial charge in [0.15, 0.2) is 5.78 Å². The molecule has 5 heterocycles. The number of aliphatic hydroxyl groups is 1. The first-order valence-corrected chi connectivity index (χ1v) is 30.1. The molecule has 8 rings (SSSR count). The molecule has 3 aromatic carbocycles. The molecule has 14 nitrogen and oxygen atoms in total. The summed E-state index contributed by atoms with van der Waals surface area (Å²) in [7, 11) is 0. The third-order valence-corrected chi connectivity index (χ3v) is 16.5. The number of nitrogens with one attached hydrogen (secondary N) is 1. The van der Waals surface area contributed by atoms with Gasteiger partial charge in [-0.25, -0.2) is 15.0 Å². The number of carbonyl (C=O) groups is 5. The second kappa shape index (κ2) is 30.3. The average Bonchev–Trinajstić information content (AvgIpc) is 4.33. The lowest BCUT2D eigenvalue weighted by molar-refractivity contribution is -0.146. The molecular weight excluding hydrogens is 1030 g/mol. The third kappa shape index (κ3) is 18.3. The molecule has 430 valence electrons. The number of amides is 3. The molecule has 2 aliphatic rings. The van der Waals surface area contributed by atoms with Crippen LogP contribution in [-0.2, 0) is 45.1 Å². The molecular formula is C66H84N8O6S. The van der Waals surface area contributed by atoms with Gasteiger partial charge in [0.2, 0.25) is 17.7 Å². The van der Waals surface area contributed by atoms with Crippen molar-refractivity contribution in [2.24, 2.45) is 11.3 Å². The van der Waals surface area contributed by atoms with Crippen molar-refractivity contribution in [2.45, 2.75) is 157 Å². The zero-order valence-corrected chi connectivity index (χ0v) is 49.6. The monoisotopic (exact) mass is 1120 g/mol. The number of unbranched alkanes of at least 4 members (excludes halogenated alkanes) is 5. The summed E-state index contributed by atoms with van der Waals surface area (Å²) in [5, 5.41) is 13.4. The first-order chi connectivity index (χ1) is 39.0. The lowest BCUT2D eigenvalue weighted by atomic mass is 9.76. The predicted molar refractivity (Wildman–Crippen MR) is 321 cm³/mol. The van der Waals surface area contributed by atoms with Gasteiger partial charge in [-0.05, 0) is 83.7 Å². The van der Waals surface area contributed by atoms with E-state index in [0.29, 0.717) is 32.2 Å². The highest BCUT2D eigenvalue weighted by molar-refractivity contribution is 7.13. The number of carbonyl (C=O) groups excluding carboxylic acids is 5. The summed E-state index contributed by atoms with van der Waals surface area (Å²) in [4.78, 5) is 90.0. The van der Waals surface area contributed by atoms with Crippen LogP contribution in [0.2, 0.25) is 0 Å². The third-order valence-electron chi connectivity index (χ3n) is 15.6. The Kier molecular flexibility index (Phi) is 23.1. The first kappa shape index (κ1) is 61.8. The van der Waals surface area contributed by atoms with Crippen molar-refractivity contribution in [3.8, 4) is 21.7 Å². The standard InChI is InChI=1S/C35H39N5O2.C31H45N3O4S/c1-3-4-7-35(42)40-19-17-39(18-20-40)25-27-10-12-29(13-11-27)33(41)22-28-9-8-26(2)31(21-28)23-34-37-16-14-32(38-34)30-6-5-15-36-24-30;1-6-7-8-9-10-11-24(35)16-26(31(3,4)5)30(38)34-19-25(36)17-27(34)29(37)32-18-22-12-14-23(15-13-22)28-21(2)33-20-39-28/h5-6,8-16,21,24H,3-4,7,17-20,22-23,25H2,1-2H3;12-15,20,25-27,36H,6-11,16-19H2,1-5H3,(H,32,37)/t;25-,26-,27+/m.1/s1. The summed E-state index contributed by atoms with van der Waals surface area (Å²) in [5.41, 5.74) is 11.4. The summed E-state index contributed by atoms with van der Waals surface area (Å²) in [6.07, 6.45) is 14.4. The summed E-state index contributed by atoms with van der Waals surface area (Å²) in [5.74, 6) is 0.179. The highest BCUT2D eigenvalue weighted by Gasteiger charge is 2.44. The van der Waals surface area contributed by atoms with Crippen LogP contribution >= 0.6 is 11.3 Å². The Bertz CT molecular complexity index is 3000. The van der Waals surface area contributed by atoms with Gasteiger partial charge in [0.05, 0.1) is 27.9 Å². The van der Waals surface area contributed by atoms with Crippen LogP contribution in [-0.4, -0.2) is 114 Å². The highest BCUT2D eigenvalue weighted by Crippen LogP contribution is 2.34. The molecule has 0 unspecified atom stereocenters. The molecule has 0 aliphatic carbocycles. The fourth-order valence-electron chi connectivity index (χ4n) is 10.5. The summed E-state index contributed by atoms with van der Waals surface area (Å²) < 4.78 is 0. The number of piperazine rings is 1. The summed E-state index contributed by atoms with van der Waals surface area (Å²) >= 11 is 1.60. The number of rotatable bonds is 24. The van der Waals surface area contributed by atoms with Gasteiger partial charge in [0.25, 0.3) is 0 Å². The lowest BCUT2D eigenvalue weighted by Crippen LogP contribution is -2.50. The Morgan fingerprint density at radius 2 is 1.49 bits per heavy atom. The van der Waals surface area contributed by atoms with Gasteiger partial charge >= 0.3 is 0 Å². The average molecular weight is 1120 g/mol. The molecule has 3 atom stereocenters. The van der Waals surface area contributed by atoms with Crippen molar-refractivity contribution in [3.63, 3.8) is 0 Å². The van der Waals surface area contributed by atoms with Crippen molar-refractivity contribution in [2.75, 3.05) is 32.7 Å². The molecule has 0 bridgehead atoms. The zero-order valence-electron chi connectivity index (χ0n) is 48.8. The maximum Gasteiger partial charge on any atom is 0.243 e.